The molecule has 2 heterocycles. The summed E-state index contributed by atoms with van der Waals surface area (Å²) >= 11 is 0. The molecule has 8 heteroatoms. The first-order valence-corrected chi connectivity index (χ1v) is 9.55. The number of amides is 2. The zero-order valence-electron chi connectivity index (χ0n) is 16.0. The Morgan fingerprint density at radius 2 is 1.61 bits per heavy atom. The fourth-order valence-electron chi connectivity index (χ4n) is 3.88. The van der Waals surface area contributed by atoms with Crippen LogP contribution in [0.25, 0.3) is 0 Å². The van der Waals surface area contributed by atoms with Crippen molar-refractivity contribution in [2.75, 3.05) is 33.4 Å². The van der Waals surface area contributed by atoms with Crippen molar-refractivity contribution in [3.05, 3.63) is 24.3 Å². The molecule has 1 aromatic carbocycles. The predicted octanol–water partition coefficient (Wildman–Crippen LogP) is 0.617. The van der Waals surface area contributed by atoms with E-state index in [1.165, 1.54) is 4.90 Å². The van der Waals surface area contributed by atoms with Crippen LogP contribution >= 0.6 is 0 Å². The number of hydrogen-bond acceptors (Lipinski definition) is 6. The molecule has 2 amide bonds. The van der Waals surface area contributed by atoms with Crippen molar-refractivity contribution in [1.29, 1.82) is 0 Å². The second-order valence-corrected chi connectivity index (χ2v) is 7.02. The first-order valence-electron chi connectivity index (χ1n) is 9.55. The van der Waals surface area contributed by atoms with Crippen molar-refractivity contribution in [3.63, 3.8) is 0 Å². The lowest BCUT2D eigenvalue weighted by Gasteiger charge is -2.30. The highest BCUT2D eigenvalue weighted by Gasteiger charge is 2.41. The highest BCUT2D eigenvalue weighted by atomic mass is 16.5. The maximum atomic E-state index is 13.0. The van der Waals surface area contributed by atoms with Gasteiger partial charge in [-0.1, -0.05) is 0 Å². The number of likely N-dealkylation sites (tertiary alicyclic amines) is 2. The number of benzene rings is 1. The Balaban J connectivity index is 1.60. The molecule has 0 spiro atoms. The summed E-state index contributed by atoms with van der Waals surface area (Å²) in [7, 11) is 1.57. The average Bonchev–Trinajstić information content (AvgIpc) is 3.41. The SMILES string of the molecule is COc1ccc(OCC(=O)N2CCCC2C(=O)N2CCC[C@H]2C(=O)CO)cc1. The molecule has 2 aliphatic rings. The molecule has 152 valence electrons. The lowest BCUT2D eigenvalue weighted by Crippen LogP contribution is -2.52. The molecule has 28 heavy (non-hydrogen) atoms. The molecule has 3 rings (SSSR count). The molecule has 1 aromatic rings. The molecule has 0 aromatic heterocycles. The molecule has 0 bridgehead atoms. The van der Waals surface area contributed by atoms with E-state index in [0.717, 1.165) is 12.8 Å². The molecule has 2 fully saturated rings. The Morgan fingerprint density at radius 1 is 1.00 bits per heavy atom. The van der Waals surface area contributed by atoms with Gasteiger partial charge in [-0.05, 0) is 49.9 Å². The second kappa shape index (κ2) is 9.05. The zero-order valence-corrected chi connectivity index (χ0v) is 16.0. The Hall–Kier alpha value is -2.61. The molecular weight excluding hydrogens is 364 g/mol. The Kier molecular flexibility index (Phi) is 6.51. The number of hydrogen-bond donors (Lipinski definition) is 1. The second-order valence-electron chi connectivity index (χ2n) is 7.02. The molecule has 1 unspecified atom stereocenters. The van der Waals surface area contributed by atoms with Gasteiger partial charge in [-0.3, -0.25) is 14.4 Å². The van der Waals surface area contributed by atoms with Crippen molar-refractivity contribution in [3.8, 4) is 11.5 Å². The van der Waals surface area contributed by atoms with Crippen LogP contribution < -0.4 is 9.47 Å². The third-order valence-electron chi connectivity index (χ3n) is 5.34. The molecule has 0 saturated carbocycles. The summed E-state index contributed by atoms with van der Waals surface area (Å²) < 4.78 is 10.6. The summed E-state index contributed by atoms with van der Waals surface area (Å²) in [4.78, 5) is 40.6. The van der Waals surface area contributed by atoms with Crippen LogP contribution in [0.3, 0.4) is 0 Å². The summed E-state index contributed by atoms with van der Waals surface area (Å²) in [5.74, 6) is 0.436. The molecule has 8 nitrogen and oxygen atoms in total. The summed E-state index contributed by atoms with van der Waals surface area (Å²) in [6.45, 7) is 0.246. The maximum absolute atomic E-state index is 13.0. The molecule has 0 aliphatic carbocycles. The first kappa shape index (κ1) is 20.1. The number of Topliss-reactive ketones (excluding diaryl/α,β-unsaturated/α-hetero) is 1. The molecule has 2 atom stereocenters. The van der Waals surface area contributed by atoms with E-state index >= 15 is 0 Å². The van der Waals surface area contributed by atoms with E-state index in [1.807, 2.05) is 0 Å². The van der Waals surface area contributed by atoms with E-state index in [-0.39, 0.29) is 24.2 Å². The van der Waals surface area contributed by atoms with E-state index in [4.69, 9.17) is 14.6 Å². The van der Waals surface area contributed by atoms with Crippen LogP contribution in [0, 0.1) is 0 Å². The van der Waals surface area contributed by atoms with E-state index < -0.39 is 18.7 Å². The van der Waals surface area contributed by atoms with Crippen LogP contribution in [0.4, 0.5) is 0 Å². The van der Waals surface area contributed by atoms with E-state index in [0.29, 0.717) is 37.4 Å². The van der Waals surface area contributed by atoms with Gasteiger partial charge in [0.1, 0.15) is 24.1 Å². The predicted molar refractivity (Wildman–Crippen MR) is 100 cm³/mol. The van der Waals surface area contributed by atoms with Crippen LogP contribution in [0.1, 0.15) is 25.7 Å². The summed E-state index contributed by atoms with van der Waals surface area (Å²) in [6.07, 6.45) is 2.59. The Labute approximate surface area is 164 Å². The van der Waals surface area contributed by atoms with Gasteiger partial charge >= 0.3 is 0 Å². The van der Waals surface area contributed by atoms with Gasteiger partial charge in [-0.2, -0.15) is 0 Å². The van der Waals surface area contributed by atoms with Gasteiger partial charge in [0.2, 0.25) is 5.91 Å². The van der Waals surface area contributed by atoms with E-state index in [1.54, 1.807) is 36.3 Å². The van der Waals surface area contributed by atoms with Crippen LogP contribution in [-0.2, 0) is 14.4 Å². The number of carbonyl (C=O) groups is 3. The van der Waals surface area contributed by atoms with Gasteiger partial charge in [0.15, 0.2) is 12.4 Å². The zero-order chi connectivity index (χ0) is 20.1. The van der Waals surface area contributed by atoms with Crippen molar-refractivity contribution in [2.45, 2.75) is 37.8 Å². The van der Waals surface area contributed by atoms with Gasteiger partial charge in [0.05, 0.1) is 13.2 Å². The number of ether oxygens (including phenoxy) is 2. The Morgan fingerprint density at radius 3 is 2.25 bits per heavy atom. The summed E-state index contributed by atoms with van der Waals surface area (Å²) in [5, 5.41) is 9.14. The highest BCUT2D eigenvalue weighted by molar-refractivity contribution is 5.94. The molecule has 2 aliphatic heterocycles. The van der Waals surface area contributed by atoms with Gasteiger partial charge < -0.3 is 24.4 Å². The van der Waals surface area contributed by atoms with Crippen LogP contribution in [0.15, 0.2) is 24.3 Å². The summed E-state index contributed by atoms with van der Waals surface area (Å²) in [5.41, 5.74) is 0. The van der Waals surface area contributed by atoms with Gasteiger partial charge in [-0.25, -0.2) is 0 Å². The third-order valence-corrected chi connectivity index (χ3v) is 5.34. The third kappa shape index (κ3) is 4.27. The van der Waals surface area contributed by atoms with E-state index in [9.17, 15) is 14.4 Å². The van der Waals surface area contributed by atoms with Gasteiger partial charge in [-0.15, -0.1) is 0 Å². The summed E-state index contributed by atoms with van der Waals surface area (Å²) in [6, 6.07) is 5.77. The molecular formula is C20H26N2O6. The molecule has 1 N–H and O–H groups in total. The number of nitrogens with zero attached hydrogens (tertiary/aromatic N) is 2. The van der Waals surface area contributed by atoms with Crippen molar-refractivity contribution >= 4 is 17.6 Å². The molecule has 2 saturated heterocycles. The van der Waals surface area contributed by atoms with Crippen molar-refractivity contribution < 1.29 is 29.0 Å². The number of carbonyl (C=O) groups excluding carboxylic acids is 3. The maximum Gasteiger partial charge on any atom is 0.261 e. The number of aliphatic hydroxyl groups excluding tert-OH is 1. The Bertz CT molecular complexity index is 720. The van der Waals surface area contributed by atoms with E-state index in [2.05, 4.69) is 0 Å². The smallest absolute Gasteiger partial charge is 0.261 e. The number of ketones is 1. The lowest BCUT2D eigenvalue weighted by atomic mass is 10.1. The number of methoxy groups -OCH3 is 1. The number of aliphatic hydroxyl groups is 1. The van der Waals surface area contributed by atoms with Crippen LogP contribution in [0.2, 0.25) is 0 Å². The highest BCUT2D eigenvalue weighted by Crippen LogP contribution is 2.25. The standard InChI is InChI=1S/C20H26N2O6/c1-27-14-6-8-15(9-7-14)28-13-19(25)21-10-3-5-17(21)20(26)22-11-2-4-16(22)18(24)12-23/h6-9,16-17,23H,2-5,10-13H2,1H3/t16-,17?/m0/s1. The normalized spacial score (nSPS) is 21.6. The van der Waals surface area contributed by atoms with Gasteiger partial charge in [0.25, 0.3) is 5.91 Å². The monoisotopic (exact) mass is 390 g/mol. The minimum absolute atomic E-state index is 0.158. The fourth-order valence-corrected chi connectivity index (χ4v) is 3.88. The van der Waals surface area contributed by atoms with Crippen molar-refractivity contribution in [1.82, 2.24) is 9.80 Å². The van der Waals surface area contributed by atoms with Crippen LogP contribution in [0.5, 0.6) is 11.5 Å². The van der Waals surface area contributed by atoms with Crippen LogP contribution in [-0.4, -0.2) is 78.0 Å². The minimum Gasteiger partial charge on any atom is -0.497 e. The lowest BCUT2D eigenvalue weighted by molar-refractivity contribution is -0.147. The quantitative estimate of drug-likeness (QED) is 0.733. The topological polar surface area (TPSA) is 96.4 Å². The fraction of sp³-hybridized carbons (Fsp3) is 0.550. The number of rotatable bonds is 7. The first-order chi connectivity index (χ1) is 13.5. The van der Waals surface area contributed by atoms with Crippen molar-refractivity contribution in [2.24, 2.45) is 0 Å². The minimum atomic E-state index is -0.578. The largest absolute Gasteiger partial charge is 0.497 e. The van der Waals surface area contributed by atoms with Gasteiger partial charge in [0, 0.05) is 13.1 Å². The average molecular weight is 390 g/mol. The molecule has 0 radical (unpaired) electrons.